The van der Waals surface area contributed by atoms with E-state index in [0.717, 1.165) is 31.2 Å². The molecule has 0 spiro atoms. The molecule has 132 valence electrons. The van der Waals surface area contributed by atoms with Gasteiger partial charge < -0.3 is 0 Å². The molecule has 5 aromatic rings. The van der Waals surface area contributed by atoms with Crippen LogP contribution in [0.15, 0.2) is 64.8 Å². The molecule has 3 aromatic heterocycles. The zero-order valence-electron chi connectivity index (χ0n) is 14.5. The van der Waals surface area contributed by atoms with Crippen LogP contribution >= 0.6 is 22.7 Å². The summed E-state index contributed by atoms with van der Waals surface area (Å²) in [4.78, 5) is 23.9. The smallest absolute Gasteiger partial charge is 0.277 e. The summed E-state index contributed by atoms with van der Waals surface area (Å²) in [5, 5.41) is 5.25. The number of aryl methyl sites for hydroxylation is 1. The number of aromatic nitrogens is 3. The molecule has 0 N–H and O–H groups in total. The second-order valence-corrected chi connectivity index (χ2v) is 8.46. The summed E-state index contributed by atoms with van der Waals surface area (Å²) in [6.07, 6.45) is 0. The Balaban J connectivity index is 1.73. The molecular formula is C21H15N3OS2. The third-order valence-corrected chi connectivity index (χ3v) is 6.46. The van der Waals surface area contributed by atoms with Gasteiger partial charge in [-0.05, 0) is 34.7 Å². The van der Waals surface area contributed by atoms with Crippen molar-refractivity contribution in [2.75, 3.05) is 0 Å². The average molecular weight is 390 g/mol. The molecule has 0 amide bonds. The van der Waals surface area contributed by atoms with Gasteiger partial charge in [0, 0.05) is 0 Å². The van der Waals surface area contributed by atoms with Gasteiger partial charge in [-0.2, -0.15) is 4.98 Å². The predicted octanol–water partition coefficient (Wildman–Crippen LogP) is 5.09. The molecule has 5 rings (SSSR count). The lowest BCUT2D eigenvalue weighted by Crippen LogP contribution is -2.24. The van der Waals surface area contributed by atoms with Crippen LogP contribution in [0.25, 0.3) is 31.7 Å². The molecule has 0 aliphatic heterocycles. The minimum atomic E-state index is -0.234. The second-order valence-electron chi connectivity index (χ2n) is 6.33. The first-order chi connectivity index (χ1) is 13.2. The van der Waals surface area contributed by atoms with Crippen LogP contribution in [0, 0.1) is 6.92 Å². The summed E-state index contributed by atoms with van der Waals surface area (Å²) in [6.45, 7) is 2.45. The Morgan fingerprint density at radius 3 is 2.70 bits per heavy atom. The molecule has 0 unspecified atom stereocenters. The van der Waals surface area contributed by atoms with E-state index in [1.165, 1.54) is 5.39 Å². The van der Waals surface area contributed by atoms with Gasteiger partial charge in [0.15, 0.2) is 0 Å². The number of thiophene rings is 1. The molecular weight excluding hydrogens is 374 g/mol. The largest absolute Gasteiger partial charge is 0.349 e. The Labute approximate surface area is 163 Å². The molecule has 0 bridgehead atoms. The maximum atomic E-state index is 12.9. The number of nitrogens with zero attached hydrogens (tertiary/aromatic N) is 3. The van der Waals surface area contributed by atoms with E-state index in [9.17, 15) is 4.79 Å². The van der Waals surface area contributed by atoms with Crippen LogP contribution in [0.1, 0.15) is 10.6 Å². The number of hydrogen-bond donors (Lipinski definition) is 0. The van der Waals surface area contributed by atoms with Crippen molar-refractivity contribution in [1.29, 1.82) is 0 Å². The molecule has 0 atom stereocenters. The summed E-state index contributed by atoms with van der Waals surface area (Å²) in [7, 11) is 0. The molecule has 27 heavy (non-hydrogen) atoms. The summed E-state index contributed by atoms with van der Waals surface area (Å²) in [5.41, 5.74) is 2.36. The van der Waals surface area contributed by atoms with Gasteiger partial charge in [0.05, 0.1) is 16.4 Å². The van der Waals surface area contributed by atoms with Crippen LogP contribution in [-0.2, 0) is 6.54 Å². The van der Waals surface area contributed by atoms with E-state index in [1.807, 2.05) is 42.6 Å². The number of rotatable bonds is 3. The standard InChI is InChI=1S/C21H15N3OS2/c1-13-22-19-18(17-10-5-11-26-17)23-21(25)24(20(19)27-13)12-15-8-4-7-14-6-2-3-9-16(14)15/h2-11H,12H2,1H3. The Kier molecular flexibility index (Phi) is 3.88. The van der Waals surface area contributed by atoms with Crippen molar-refractivity contribution in [1.82, 2.24) is 14.5 Å². The lowest BCUT2D eigenvalue weighted by atomic mass is 10.0. The first-order valence-electron chi connectivity index (χ1n) is 8.59. The van der Waals surface area contributed by atoms with E-state index in [1.54, 1.807) is 27.2 Å². The Bertz CT molecular complexity index is 1330. The van der Waals surface area contributed by atoms with Crippen LogP contribution in [0.3, 0.4) is 0 Å². The van der Waals surface area contributed by atoms with E-state index in [-0.39, 0.29) is 5.69 Å². The van der Waals surface area contributed by atoms with Gasteiger partial charge in [-0.3, -0.25) is 4.57 Å². The van der Waals surface area contributed by atoms with E-state index in [4.69, 9.17) is 0 Å². The fraction of sp³-hybridized carbons (Fsp3) is 0.0952. The van der Waals surface area contributed by atoms with Gasteiger partial charge in [-0.1, -0.05) is 48.5 Å². The molecule has 0 fully saturated rings. The number of fused-ring (bicyclic) bond motifs is 2. The highest BCUT2D eigenvalue weighted by Crippen LogP contribution is 2.31. The minimum absolute atomic E-state index is 0.234. The quantitative estimate of drug-likeness (QED) is 0.432. The first kappa shape index (κ1) is 16.4. The van der Waals surface area contributed by atoms with E-state index < -0.39 is 0 Å². The maximum Gasteiger partial charge on any atom is 0.349 e. The first-order valence-corrected chi connectivity index (χ1v) is 10.3. The van der Waals surface area contributed by atoms with Crippen molar-refractivity contribution in [3.8, 4) is 10.6 Å². The van der Waals surface area contributed by atoms with Gasteiger partial charge in [-0.15, -0.1) is 22.7 Å². The van der Waals surface area contributed by atoms with Crippen LogP contribution in [0.2, 0.25) is 0 Å². The highest BCUT2D eigenvalue weighted by atomic mass is 32.1. The van der Waals surface area contributed by atoms with Crippen molar-refractivity contribution >= 4 is 43.8 Å². The van der Waals surface area contributed by atoms with E-state index >= 15 is 0 Å². The highest BCUT2D eigenvalue weighted by Gasteiger charge is 2.17. The molecule has 6 heteroatoms. The monoisotopic (exact) mass is 389 g/mol. The van der Waals surface area contributed by atoms with Crippen LogP contribution < -0.4 is 5.69 Å². The summed E-state index contributed by atoms with van der Waals surface area (Å²) >= 11 is 3.12. The van der Waals surface area contributed by atoms with Crippen molar-refractivity contribution in [3.63, 3.8) is 0 Å². The number of benzene rings is 2. The lowest BCUT2D eigenvalue weighted by Gasteiger charge is -2.10. The summed E-state index contributed by atoms with van der Waals surface area (Å²) in [5.74, 6) is 0. The lowest BCUT2D eigenvalue weighted by molar-refractivity contribution is 0.772. The van der Waals surface area contributed by atoms with Crippen molar-refractivity contribution in [2.24, 2.45) is 0 Å². The highest BCUT2D eigenvalue weighted by molar-refractivity contribution is 7.18. The van der Waals surface area contributed by atoms with Gasteiger partial charge in [0.1, 0.15) is 16.0 Å². The second kappa shape index (κ2) is 6.40. The fourth-order valence-corrected chi connectivity index (χ4v) is 5.00. The maximum absolute atomic E-state index is 12.9. The zero-order valence-corrected chi connectivity index (χ0v) is 16.2. The Morgan fingerprint density at radius 1 is 1.00 bits per heavy atom. The molecule has 0 aliphatic carbocycles. The summed E-state index contributed by atoms with van der Waals surface area (Å²) in [6, 6.07) is 18.4. The average Bonchev–Trinajstić information content (AvgIpc) is 3.33. The minimum Gasteiger partial charge on any atom is -0.277 e. The summed E-state index contributed by atoms with van der Waals surface area (Å²) < 4.78 is 1.75. The third kappa shape index (κ3) is 2.78. The van der Waals surface area contributed by atoms with Gasteiger partial charge >= 0.3 is 5.69 Å². The molecule has 0 radical (unpaired) electrons. The van der Waals surface area contributed by atoms with Gasteiger partial charge in [0.2, 0.25) is 0 Å². The number of hydrogen-bond acceptors (Lipinski definition) is 5. The Hall–Kier alpha value is -2.83. The number of thiazole rings is 1. The zero-order chi connectivity index (χ0) is 18.4. The van der Waals surface area contributed by atoms with Gasteiger partial charge in [0.25, 0.3) is 0 Å². The molecule has 3 heterocycles. The molecule has 0 saturated carbocycles. The van der Waals surface area contributed by atoms with Gasteiger partial charge in [-0.25, -0.2) is 9.78 Å². The third-order valence-electron chi connectivity index (χ3n) is 4.59. The van der Waals surface area contributed by atoms with Crippen LogP contribution in [0.5, 0.6) is 0 Å². The molecule has 0 saturated heterocycles. The topological polar surface area (TPSA) is 47.8 Å². The predicted molar refractivity (Wildman–Crippen MR) is 113 cm³/mol. The normalized spacial score (nSPS) is 11.4. The molecule has 2 aromatic carbocycles. The molecule has 0 aliphatic rings. The van der Waals surface area contributed by atoms with Crippen molar-refractivity contribution in [3.05, 3.63) is 81.0 Å². The van der Waals surface area contributed by atoms with Crippen molar-refractivity contribution in [2.45, 2.75) is 13.5 Å². The fourth-order valence-electron chi connectivity index (χ4n) is 3.37. The van der Waals surface area contributed by atoms with Crippen LogP contribution in [0.4, 0.5) is 0 Å². The SMILES string of the molecule is Cc1nc2c(-c3cccs3)nc(=O)n(Cc3cccc4ccccc34)c2s1. The van der Waals surface area contributed by atoms with Crippen molar-refractivity contribution < 1.29 is 0 Å². The molecule has 4 nitrogen and oxygen atoms in total. The van der Waals surface area contributed by atoms with Crippen LogP contribution in [-0.4, -0.2) is 14.5 Å². The van der Waals surface area contributed by atoms with E-state index in [0.29, 0.717) is 12.2 Å². The Morgan fingerprint density at radius 2 is 1.85 bits per heavy atom. The van der Waals surface area contributed by atoms with E-state index in [2.05, 4.69) is 34.2 Å².